The molecule has 3 aromatic rings. The molecule has 11 heteroatoms. The van der Waals surface area contributed by atoms with E-state index in [2.05, 4.69) is 20.9 Å². The highest BCUT2D eigenvalue weighted by molar-refractivity contribution is 9.10. The number of carboxylic acids is 1. The summed E-state index contributed by atoms with van der Waals surface area (Å²) in [6.45, 7) is -0.952. The number of carboxylic acid groups (broad SMARTS) is 1. The van der Waals surface area contributed by atoms with E-state index in [9.17, 15) is 9.59 Å². The zero-order valence-corrected chi connectivity index (χ0v) is 22.3. The average molecular weight is 610 g/mol. The molecule has 5 rings (SSSR count). The second-order valence-electron chi connectivity index (χ2n) is 8.93. The van der Waals surface area contributed by atoms with Crippen molar-refractivity contribution in [2.45, 2.75) is 31.0 Å². The Labute approximate surface area is 230 Å². The van der Waals surface area contributed by atoms with Gasteiger partial charge in [0.1, 0.15) is 6.61 Å². The molecule has 1 aromatic heterocycles. The van der Waals surface area contributed by atoms with E-state index in [1.165, 1.54) is 12.3 Å². The number of alkyl halides is 1. The highest BCUT2D eigenvalue weighted by atomic mass is 79.9. The first-order valence-electron chi connectivity index (χ1n) is 11.3. The van der Waals surface area contributed by atoms with Crippen LogP contribution in [0.4, 0.5) is 4.39 Å². The Kier molecular flexibility index (Phi) is 7.02. The predicted molar refractivity (Wildman–Crippen MR) is 138 cm³/mol. The highest BCUT2D eigenvalue weighted by Gasteiger charge is 2.56. The van der Waals surface area contributed by atoms with Crippen molar-refractivity contribution in [1.82, 2.24) is 9.88 Å². The number of hydrogen-bond acceptors (Lipinski definition) is 5. The molecule has 2 aliphatic rings. The van der Waals surface area contributed by atoms with E-state index in [0.717, 1.165) is 4.90 Å². The summed E-state index contributed by atoms with van der Waals surface area (Å²) in [6, 6.07) is 13.2. The van der Waals surface area contributed by atoms with Crippen LogP contribution in [0.2, 0.25) is 10.0 Å². The van der Waals surface area contributed by atoms with Crippen LogP contribution in [0.1, 0.15) is 34.5 Å². The summed E-state index contributed by atoms with van der Waals surface area (Å²) < 4.78 is 29.0. The first-order valence-corrected chi connectivity index (χ1v) is 12.9. The van der Waals surface area contributed by atoms with Crippen LogP contribution in [-0.2, 0) is 26.8 Å². The summed E-state index contributed by atoms with van der Waals surface area (Å²) in [5, 5.41) is 9.91. The van der Waals surface area contributed by atoms with Crippen LogP contribution in [0.3, 0.4) is 0 Å². The number of nitrogens with zero attached hydrogens (tertiary/aromatic N) is 2. The van der Waals surface area contributed by atoms with Gasteiger partial charge in [0.2, 0.25) is 0 Å². The van der Waals surface area contributed by atoms with Crippen LogP contribution in [0.15, 0.2) is 59.2 Å². The van der Waals surface area contributed by atoms with Gasteiger partial charge >= 0.3 is 11.9 Å². The number of pyridine rings is 1. The third-order valence-electron chi connectivity index (χ3n) is 6.37. The lowest BCUT2D eigenvalue weighted by molar-refractivity contribution is -0.249. The first-order chi connectivity index (χ1) is 17.6. The summed E-state index contributed by atoms with van der Waals surface area (Å²) in [7, 11) is 0. The molecule has 1 N–H and O–H groups in total. The molecule has 0 spiro atoms. The number of rotatable bonds is 9. The number of amides is 1. The molecule has 1 fully saturated rings. The lowest BCUT2D eigenvalue weighted by Gasteiger charge is -2.32. The van der Waals surface area contributed by atoms with E-state index in [0.29, 0.717) is 44.2 Å². The Balaban J connectivity index is 1.56. The summed E-state index contributed by atoms with van der Waals surface area (Å²) in [5.74, 6) is -4.37. The molecule has 2 aromatic carbocycles. The fraction of sp³-hybridized carbons (Fsp3) is 0.269. The fourth-order valence-corrected chi connectivity index (χ4v) is 5.07. The minimum atomic E-state index is -2.65. The topological polar surface area (TPSA) is 89.0 Å². The van der Waals surface area contributed by atoms with Gasteiger partial charge in [0.05, 0.1) is 40.6 Å². The minimum absolute atomic E-state index is 0.0358. The molecule has 1 amide bonds. The van der Waals surface area contributed by atoms with E-state index >= 15 is 4.39 Å². The largest absolute Gasteiger partial charge is 0.480 e. The summed E-state index contributed by atoms with van der Waals surface area (Å²) in [4.78, 5) is 30.0. The van der Waals surface area contributed by atoms with Crippen LogP contribution < -0.4 is 0 Å². The zero-order valence-electron chi connectivity index (χ0n) is 19.2. The molecule has 1 saturated carbocycles. The van der Waals surface area contributed by atoms with Crippen LogP contribution in [0.25, 0.3) is 11.1 Å². The quantitative estimate of drug-likeness (QED) is 0.290. The smallest absolute Gasteiger partial charge is 0.329 e. The van der Waals surface area contributed by atoms with Gasteiger partial charge in [-0.1, -0.05) is 51.3 Å². The Morgan fingerprint density at radius 3 is 2.38 bits per heavy atom. The maximum atomic E-state index is 17.1. The van der Waals surface area contributed by atoms with Crippen LogP contribution in [0.5, 0.6) is 0 Å². The maximum absolute atomic E-state index is 17.1. The van der Waals surface area contributed by atoms with Crippen molar-refractivity contribution in [3.63, 3.8) is 0 Å². The van der Waals surface area contributed by atoms with Crippen molar-refractivity contribution < 1.29 is 28.6 Å². The molecular weight excluding hydrogens is 590 g/mol. The number of ether oxygens (including phenoxy) is 2. The number of carbonyl (C=O) groups excluding carboxylic acids is 1. The van der Waals surface area contributed by atoms with Crippen LogP contribution in [-0.4, -0.2) is 45.7 Å². The molecule has 37 heavy (non-hydrogen) atoms. The van der Waals surface area contributed by atoms with Crippen LogP contribution in [0, 0.1) is 0 Å². The van der Waals surface area contributed by atoms with Crippen molar-refractivity contribution >= 4 is 51.0 Å². The number of hydrogen-bond donors (Lipinski definition) is 1. The molecular formula is C26H20BrCl2FN2O5. The number of aliphatic carboxylic acids is 1. The van der Waals surface area contributed by atoms with Gasteiger partial charge in [-0.05, 0) is 54.8 Å². The monoisotopic (exact) mass is 608 g/mol. The molecule has 1 atom stereocenters. The second kappa shape index (κ2) is 9.96. The van der Waals surface area contributed by atoms with E-state index < -0.39 is 30.1 Å². The molecule has 7 nitrogen and oxygen atoms in total. The van der Waals surface area contributed by atoms with Gasteiger partial charge < -0.3 is 14.6 Å². The molecule has 1 aliphatic carbocycles. The maximum Gasteiger partial charge on any atom is 0.329 e. The van der Waals surface area contributed by atoms with Crippen molar-refractivity contribution in [2.75, 3.05) is 13.2 Å². The summed E-state index contributed by atoms with van der Waals surface area (Å²) >= 11 is 15.5. The Morgan fingerprint density at radius 1 is 1.05 bits per heavy atom. The van der Waals surface area contributed by atoms with E-state index in [1.54, 1.807) is 42.5 Å². The zero-order chi connectivity index (χ0) is 26.4. The summed E-state index contributed by atoms with van der Waals surface area (Å²) in [5.41, 5.74) is 0.838. The van der Waals surface area contributed by atoms with Gasteiger partial charge in [-0.25, -0.2) is 4.79 Å². The lowest BCUT2D eigenvalue weighted by Crippen LogP contribution is -2.44. The minimum Gasteiger partial charge on any atom is -0.480 e. The Bertz CT molecular complexity index is 1370. The number of carbonyl (C=O) groups is 2. The van der Waals surface area contributed by atoms with Crippen molar-refractivity contribution in [1.29, 1.82) is 0 Å². The highest BCUT2D eigenvalue weighted by Crippen LogP contribution is 2.50. The third kappa shape index (κ3) is 5.11. The number of halogens is 4. The van der Waals surface area contributed by atoms with Gasteiger partial charge in [0.15, 0.2) is 0 Å². The number of benzene rings is 2. The van der Waals surface area contributed by atoms with Gasteiger partial charge in [0.25, 0.3) is 5.91 Å². The Hall–Kier alpha value is -2.56. The summed E-state index contributed by atoms with van der Waals surface area (Å²) in [6.07, 6.45) is 2.46. The molecule has 1 aliphatic heterocycles. The second-order valence-corrected chi connectivity index (χ2v) is 10.7. The van der Waals surface area contributed by atoms with Crippen molar-refractivity contribution in [3.05, 3.63) is 86.1 Å². The van der Waals surface area contributed by atoms with Gasteiger partial charge in [-0.15, -0.1) is 0 Å². The van der Waals surface area contributed by atoms with Gasteiger partial charge in [-0.2, -0.15) is 4.39 Å². The van der Waals surface area contributed by atoms with Gasteiger partial charge in [-0.3, -0.25) is 14.7 Å². The SMILES string of the molecule is O=C(O)COC1(COC2(F)c3ccc(Br)c(-c4ccc(Cl)cc4)c3C(=O)N2Cc2ccc(Cl)cn2)CC1. The van der Waals surface area contributed by atoms with E-state index in [1.807, 2.05) is 0 Å². The standard InChI is InChI=1S/C26H20BrCl2FN2O5/c27-20-8-7-19-23(22(20)15-1-3-16(28)4-2-15)24(35)32(12-18-6-5-17(29)11-31-18)26(19,30)37-14-25(9-10-25)36-13-21(33)34/h1-8,11H,9-10,12-14H2,(H,33,34). The van der Waals surface area contributed by atoms with Crippen molar-refractivity contribution in [3.8, 4) is 11.1 Å². The number of aromatic nitrogens is 1. The number of fused-ring (bicyclic) bond motifs is 1. The molecule has 192 valence electrons. The predicted octanol–water partition coefficient (Wildman–Crippen LogP) is 6.20. The van der Waals surface area contributed by atoms with Crippen molar-refractivity contribution in [2.24, 2.45) is 0 Å². The molecule has 2 heterocycles. The first kappa shape index (κ1) is 26.1. The molecule has 1 unspecified atom stereocenters. The Morgan fingerprint density at radius 2 is 1.76 bits per heavy atom. The molecule has 0 bridgehead atoms. The average Bonchev–Trinajstić information content (AvgIpc) is 3.62. The van der Waals surface area contributed by atoms with E-state index in [-0.39, 0.29) is 24.3 Å². The normalized spacial score (nSPS) is 19.7. The van der Waals surface area contributed by atoms with E-state index in [4.69, 9.17) is 37.8 Å². The third-order valence-corrected chi connectivity index (χ3v) is 7.51. The fourth-order valence-electron chi connectivity index (χ4n) is 4.27. The molecule has 0 saturated heterocycles. The molecule has 0 radical (unpaired) electrons. The lowest BCUT2D eigenvalue weighted by atomic mass is 9.96. The van der Waals surface area contributed by atoms with Gasteiger partial charge in [0, 0.05) is 21.3 Å². The van der Waals surface area contributed by atoms with Crippen LogP contribution >= 0.6 is 39.1 Å².